The summed E-state index contributed by atoms with van der Waals surface area (Å²) >= 11 is 0. The number of hydrogen-bond donors (Lipinski definition) is 2. The first-order valence-electron chi connectivity index (χ1n) is 9.90. The summed E-state index contributed by atoms with van der Waals surface area (Å²) in [7, 11) is -6.83. The maximum absolute atomic E-state index is 13.2. The van der Waals surface area contributed by atoms with Crippen molar-refractivity contribution in [1.29, 1.82) is 0 Å². The molecule has 0 bridgehead atoms. The molecule has 12 heteroatoms. The SMILES string of the molecule is CCCS(=O)(=O)Nc1ccc(F)c(C(C)=O)c1.CCCS(=O)(=O)Nc1ccc(F)c(C=O)c1. The van der Waals surface area contributed by atoms with E-state index in [1.54, 1.807) is 13.8 Å². The van der Waals surface area contributed by atoms with Gasteiger partial charge in [0.25, 0.3) is 0 Å². The molecule has 0 aliphatic rings. The summed E-state index contributed by atoms with van der Waals surface area (Å²) in [6, 6.07) is 7.04. The van der Waals surface area contributed by atoms with Crippen LogP contribution in [0.2, 0.25) is 0 Å². The number of anilines is 2. The monoisotopic (exact) mass is 504 g/mol. The molecular weight excluding hydrogens is 478 g/mol. The molecule has 2 N–H and O–H groups in total. The Balaban J connectivity index is 0.000000331. The highest BCUT2D eigenvalue weighted by molar-refractivity contribution is 7.92. The molecule has 8 nitrogen and oxygen atoms in total. The summed E-state index contributed by atoms with van der Waals surface area (Å²) < 4.78 is 76.4. The van der Waals surface area contributed by atoms with Gasteiger partial charge in [0.1, 0.15) is 11.6 Å². The van der Waals surface area contributed by atoms with Crippen molar-refractivity contribution in [3.63, 3.8) is 0 Å². The number of halogens is 2. The maximum atomic E-state index is 13.2. The number of benzene rings is 2. The minimum atomic E-state index is -3.42. The number of Topliss-reactive ketones (excluding diaryl/α,β-unsaturated/α-hetero) is 1. The minimum Gasteiger partial charge on any atom is -0.298 e. The number of carbonyl (C=O) groups is 2. The van der Waals surface area contributed by atoms with Gasteiger partial charge >= 0.3 is 0 Å². The Morgan fingerprint density at radius 1 is 0.848 bits per heavy atom. The maximum Gasteiger partial charge on any atom is 0.232 e. The van der Waals surface area contributed by atoms with Gasteiger partial charge in [-0.2, -0.15) is 0 Å². The predicted octanol–water partition coefficient (Wildman–Crippen LogP) is 3.97. The van der Waals surface area contributed by atoms with Crippen LogP contribution in [0.5, 0.6) is 0 Å². The number of ketones is 1. The molecular formula is C21H26F2N2O6S2. The first-order valence-corrected chi connectivity index (χ1v) is 13.2. The van der Waals surface area contributed by atoms with Crippen LogP contribution < -0.4 is 9.44 Å². The molecule has 2 aromatic rings. The highest BCUT2D eigenvalue weighted by atomic mass is 32.2. The van der Waals surface area contributed by atoms with Crippen LogP contribution in [0.15, 0.2) is 36.4 Å². The molecule has 0 saturated heterocycles. The summed E-state index contributed by atoms with van der Waals surface area (Å²) in [5.41, 5.74) is 0.0976. The second-order valence-electron chi connectivity index (χ2n) is 6.95. The number of sulfonamides is 2. The number of aldehydes is 1. The van der Waals surface area contributed by atoms with Crippen molar-refractivity contribution in [1.82, 2.24) is 0 Å². The van der Waals surface area contributed by atoms with Crippen LogP contribution in [0.25, 0.3) is 0 Å². The van der Waals surface area contributed by atoms with Crippen molar-refractivity contribution in [3.8, 4) is 0 Å². The molecule has 33 heavy (non-hydrogen) atoms. The second kappa shape index (κ2) is 12.4. The largest absolute Gasteiger partial charge is 0.298 e. The summed E-state index contributed by atoms with van der Waals surface area (Å²) in [5, 5.41) is 0. The van der Waals surface area contributed by atoms with Crippen molar-refractivity contribution in [2.24, 2.45) is 0 Å². The second-order valence-corrected chi connectivity index (χ2v) is 10.6. The number of hydrogen-bond acceptors (Lipinski definition) is 6. The number of rotatable bonds is 10. The van der Waals surface area contributed by atoms with Gasteiger partial charge in [-0.3, -0.25) is 19.0 Å². The van der Waals surface area contributed by atoms with Crippen LogP contribution in [0, 0.1) is 11.6 Å². The lowest BCUT2D eigenvalue weighted by molar-refractivity contribution is 0.101. The summed E-state index contributed by atoms with van der Waals surface area (Å²) in [4.78, 5) is 21.5. The quantitative estimate of drug-likeness (QED) is 0.372. The third-order valence-electron chi connectivity index (χ3n) is 3.96. The molecule has 0 atom stereocenters. The standard InChI is InChI=1S/C11H14FNO3S.C10H12FNO3S/c1-3-6-17(15,16)13-9-4-5-11(12)10(7-9)8(2)14;1-2-5-16(14,15)12-9-3-4-10(11)8(6-9)7-13/h4-5,7,13H,3,6H2,1-2H3;3-4,6-7,12H,2,5H2,1H3. The Labute approximate surface area is 192 Å². The van der Waals surface area contributed by atoms with Crippen LogP contribution in [0.4, 0.5) is 20.2 Å². The molecule has 0 saturated carbocycles. The van der Waals surface area contributed by atoms with Crippen LogP contribution in [0.1, 0.15) is 54.3 Å². The molecule has 0 aliphatic heterocycles. The third-order valence-corrected chi connectivity index (χ3v) is 6.95. The average molecular weight is 505 g/mol. The van der Waals surface area contributed by atoms with E-state index in [4.69, 9.17) is 0 Å². The molecule has 0 amide bonds. The molecule has 0 fully saturated rings. The van der Waals surface area contributed by atoms with E-state index >= 15 is 0 Å². The van der Waals surface area contributed by atoms with Crippen molar-refractivity contribution in [3.05, 3.63) is 59.2 Å². The van der Waals surface area contributed by atoms with E-state index in [0.717, 1.165) is 18.2 Å². The van der Waals surface area contributed by atoms with Gasteiger partial charge < -0.3 is 0 Å². The normalized spacial score (nSPS) is 11.2. The van der Waals surface area contributed by atoms with E-state index in [1.165, 1.54) is 25.1 Å². The molecule has 0 aromatic heterocycles. The molecule has 0 heterocycles. The van der Waals surface area contributed by atoms with E-state index in [-0.39, 0.29) is 34.0 Å². The fourth-order valence-electron chi connectivity index (χ4n) is 2.55. The van der Waals surface area contributed by atoms with E-state index in [0.29, 0.717) is 19.1 Å². The average Bonchev–Trinajstić information content (AvgIpc) is 2.70. The van der Waals surface area contributed by atoms with E-state index in [2.05, 4.69) is 9.44 Å². The Bertz CT molecular complexity index is 1200. The van der Waals surface area contributed by atoms with Crippen molar-refractivity contribution < 1.29 is 35.2 Å². The van der Waals surface area contributed by atoms with Crippen LogP contribution in [-0.2, 0) is 20.0 Å². The first kappa shape index (κ1) is 28.2. The van der Waals surface area contributed by atoms with Gasteiger partial charge in [-0.1, -0.05) is 13.8 Å². The lowest BCUT2D eigenvalue weighted by Crippen LogP contribution is -2.16. The summed E-state index contributed by atoms with van der Waals surface area (Å²) in [5.74, 6) is -1.80. The van der Waals surface area contributed by atoms with Gasteiger partial charge in [0, 0.05) is 11.4 Å². The van der Waals surface area contributed by atoms with Gasteiger partial charge in [-0.15, -0.1) is 0 Å². The summed E-state index contributed by atoms with van der Waals surface area (Å²) in [6.07, 6.45) is 1.31. The zero-order chi connectivity index (χ0) is 25.2. The Morgan fingerprint density at radius 2 is 1.30 bits per heavy atom. The molecule has 0 radical (unpaired) electrons. The predicted molar refractivity (Wildman–Crippen MR) is 124 cm³/mol. The van der Waals surface area contributed by atoms with E-state index in [1.807, 2.05) is 0 Å². The topological polar surface area (TPSA) is 126 Å². The molecule has 0 spiro atoms. The highest BCUT2D eigenvalue weighted by Crippen LogP contribution is 2.17. The Kier molecular flexibility index (Phi) is 10.6. The van der Waals surface area contributed by atoms with Crippen LogP contribution in [0.3, 0.4) is 0 Å². The van der Waals surface area contributed by atoms with Gasteiger partial charge in [-0.05, 0) is 56.2 Å². The van der Waals surface area contributed by atoms with Gasteiger partial charge in [-0.25, -0.2) is 25.6 Å². The fourth-order valence-corrected chi connectivity index (χ4v) is 4.81. The number of nitrogens with one attached hydrogen (secondary N) is 2. The van der Waals surface area contributed by atoms with Crippen molar-refractivity contribution in [2.75, 3.05) is 20.9 Å². The van der Waals surface area contributed by atoms with E-state index < -0.39 is 37.5 Å². The molecule has 0 unspecified atom stereocenters. The first-order chi connectivity index (χ1) is 15.3. The summed E-state index contributed by atoms with van der Waals surface area (Å²) in [6.45, 7) is 4.70. The molecule has 2 rings (SSSR count). The lowest BCUT2D eigenvalue weighted by atomic mass is 10.1. The van der Waals surface area contributed by atoms with Gasteiger partial charge in [0.2, 0.25) is 20.0 Å². The Hall–Kier alpha value is -2.86. The molecule has 182 valence electrons. The molecule has 0 aliphatic carbocycles. The zero-order valence-electron chi connectivity index (χ0n) is 18.4. The van der Waals surface area contributed by atoms with Crippen molar-refractivity contribution >= 4 is 43.5 Å². The van der Waals surface area contributed by atoms with Crippen molar-refractivity contribution in [2.45, 2.75) is 33.6 Å². The van der Waals surface area contributed by atoms with Crippen LogP contribution >= 0.6 is 0 Å². The fraction of sp³-hybridized carbons (Fsp3) is 0.333. The smallest absolute Gasteiger partial charge is 0.232 e. The molecule has 2 aromatic carbocycles. The van der Waals surface area contributed by atoms with Crippen LogP contribution in [-0.4, -0.2) is 40.4 Å². The zero-order valence-corrected chi connectivity index (χ0v) is 20.0. The van der Waals surface area contributed by atoms with Gasteiger partial charge in [0.05, 0.1) is 22.6 Å². The van der Waals surface area contributed by atoms with E-state index in [9.17, 15) is 35.2 Å². The van der Waals surface area contributed by atoms with Gasteiger partial charge in [0.15, 0.2) is 12.1 Å². The lowest BCUT2D eigenvalue weighted by Gasteiger charge is -2.08. The highest BCUT2D eigenvalue weighted by Gasteiger charge is 2.13. The Morgan fingerprint density at radius 3 is 1.73 bits per heavy atom. The third kappa shape index (κ3) is 9.66. The number of carbonyl (C=O) groups excluding carboxylic acids is 2. The minimum absolute atomic E-state index is 0.0131.